The molecule has 3 aromatic rings. The number of urea groups is 1. The summed E-state index contributed by atoms with van der Waals surface area (Å²) in [5.41, 5.74) is -1.27. The predicted octanol–water partition coefficient (Wildman–Crippen LogP) is 3.09. The number of carbonyl (C=O) groups is 2. The first-order chi connectivity index (χ1) is 12.6. The number of nitrogens with zero attached hydrogens (tertiary/aromatic N) is 3. The van der Waals surface area contributed by atoms with Crippen molar-refractivity contribution in [1.29, 1.82) is 0 Å². The molecule has 0 aliphatic carbocycles. The number of carbonyl (C=O) groups excluding carboxylic acids is 2. The maximum Gasteiger partial charge on any atom is 0.419 e. The molecule has 0 spiro atoms. The van der Waals surface area contributed by atoms with Gasteiger partial charge in [-0.25, -0.2) is 14.2 Å². The molecule has 7 nitrogen and oxygen atoms in total. The van der Waals surface area contributed by atoms with E-state index in [0.29, 0.717) is 23.2 Å². The van der Waals surface area contributed by atoms with Crippen molar-refractivity contribution in [2.24, 2.45) is 7.05 Å². The molecule has 0 unspecified atom stereocenters. The Hall–Kier alpha value is -3.50. The van der Waals surface area contributed by atoms with E-state index in [2.05, 4.69) is 10.1 Å². The van der Waals surface area contributed by atoms with Gasteiger partial charge in [0.1, 0.15) is 5.82 Å². The van der Waals surface area contributed by atoms with Gasteiger partial charge in [-0.15, -0.1) is 0 Å². The van der Waals surface area contributed by atoms with Crippen molar-refractivity contribution in [3.8, 4) is 0 Å². The van der Waals surface area contributed by atoms with Gasteiger partial charge in [-0.2, -0.15) is 18.3 Å². The second-order valence-corrected chi connectivity index (χ2v) is 5.51. The minimum atomic E-state index is -4.92. The molecule has 0 fully saturated rings. The van der Waals surface area contributed by atoms with Crippen LogP contribution < -0.4 is 10.6 Å². The molecule has 0 bridgehead atoms. The third kappa shape index (κ3) is 3.86. The van der Waals surface area contributed by atoms with Gasteiger partial charge in [0.15, 0.2) is 5.65 Å². The average molecular weight is 381 g/mol. The number of pyridine rings is 1. The Balaban J connectivity index is 1.72. The molecule has 1 aromatic carbocycles. The van der Waals surface area contributed by atoms with Crippen LogP contribution in [-0.4, -0.2) is 26.7 Å². The van der Waals surface area contributed by atoms with Gasteiger partial charge in [0.05, 0.1) is 17.3 Å². The Bertz CT molecular complexity index is 1040. The van der Waals surface area contributed by atoms with E-state index in [9.17, 15) is 27.2 Å². The molecule has 3 amide bonds. The number of fused-ring (bicyclic) bond motifs is 1. The summed E-state index contributed by atoms with van der Waals surface area (Å²) in [5, 5.41) is 8.54. The van der Waals surface area contributed by atoms with E-state index in [1.165, 1.54) is 23.1 Å². The molecule has 0 aliphatic rings. The topological polar surface area (TPSA) is 88.9 Å². The molecule has 11 heteroatoms. The van der Waals surface area contributed by atoms with Crippen molar-refractivity contribution in [2.75, 3.05) is 5.32 Å². The van der Waals surface area contributed by atoms with Crippen molar-refractivity contribution in [3.05, 3.63) is 53.6 Å². The highest BCUT2D eigenvalue weighted by Gasteiger charge is 2.34. The van der Waals surface area contributed by atoms with Crippen LogP contribution >= 0.6 is 0 Å². The molecule has 0 atom stereocenters. The molecule has 0 aliphatic heterocycles. The number of halogens is 4. The second-order valence-electron chi connectivity index (χ2n) is 5.51. The molecule has 27 heavy (non-hydrogen) atoms. The first-order valence-electron chi connectivity index (χ1n) is 7.42. The van der Waals surface area contributed by atoms with Gasteiger partial charge in [-0.3, -0.25) is 14.8 Å². The zero-order valence-corrected chi connectivity index (χ0v) is 13.6. The van der Waals surface area contributed by atoms with Gasteiger partial charge >= 0.3 is 12.2 Å². The summed E-state index contributed by atoms with van der Waals surface area (Å²) in [5.74, 6) is -2.29. The summed E-state index contributed by atoms with van der Waals surface area (Å²) in [4.78, 5) is 28.0. The fourth-order valence-electron chi connectivity index (χ4n) is 2.33. The lowest BCUT2D eigenvalue weighted by Crippen LogP contribution is -2.34. The number of imide groups is 1. The van der Waals surface area contributed by atoms with Crippen LogP contribution in [0, 0.1) is 5.82 Å². The lowest BCUT2D eigenvalue weighted by atomic mass is 10.2. The molecule has 140 valence electrons. The van der Waals surface area contributed by atoms with Gasteiger partial charge in [-0.05, 0) is 24.3 Å². The summed E-state index contributed by atoms with van der Waals surface area (Å²) >= 11 is 0. The second kappa shape index (κ2) is 6.67. The Morgan fingerprint density at radius 2 is 1.89 bits per heavy atom. The van der Waals surface area contributed by atoms with Crippen LogP contribution in [0.15, 0.2) is 36.7 Å². The summed E-state index contributed by atoms with van der Waals surface area (Å²) < 4.78 is 52.8. The number of aryl methyl sites for hydroxylation is 1. The maximum absolute atomic E-state index is 13.2. The zero-order chi connectivity index (χ0) is 19.8. The van der Waals surface area contributed by atoms with E-state index in [1.54, 1.807) is 7.05 Å². The highest BCUT2D eigenvalue weighted by atomic mass is 19.4. The Morgan fingerprint density at radius 1 is 1.15 bits per heavy atom. The van der Waals surface area contributed by atoms with E-state index < -0.39 is 29.5 Å². The summed E-state index contributed by atoms with van der Waals surface area (Å²) in [7, 11) is 1.67. The summed E-state index contributed by atoms with van der Waals surface area (Å²) in [6.07, 6.45) is -2.21. The predicted molar refractivity (Wildman–Crippen MR) is 86.4 cm³/mol. The highest BCUT2D eigenvalue weighted by molar-refractivity contribution is 6.08. The molecule has 0 saturated heterocycles. The standard InChI is InChI=1S/C16H11F4N5O2/c1-25-13-8(7-22-25)4-9(6-21-13)14(26)24-15(27)23-10-2-3-12(17)11(5-10)16(18,19)20/h2-7H,1H3,(H2,23,24,26,27). The van der Waals surface area contributed by atoms with Crippen molar-refractivity contribution in [1.82, 2.24) is 20.1 Å². The Morgan fingerprint density at radius 3 is 2.59 bits per heavy atom. The van der Waals surface area contributed by atoms with E-state index >= 15 is 0 Å². The lowest BCUT2D eigenvalue weighted by molar-refractivity contribution is -0.139. The number of rotatable bonds is 2. The first kappa shape index (κ1) is 18.3. The number of aromatic nitrogens is 3. The average Bonchev–Trinajstić information content (AvgIpc) is 2.96. The molecule has 3 rings (SSSR count). The van der Waals surface area contributed by atoms with Crippen LogP contribution in [0.5, 0.6) is 0 Å². The number of anilines is 1. The van der Waals surface area contributed by atoms with Crippen molar-refractivity contribution in [3.63, 3.8) is 0 Å². The number of alkyl halides is 3. The fraction of sp³-hybridized carbons (Fsp3) is 0.125. The Kier molecular flexibility index (Phi) is 4.52. The number of nitrogens with one attached hydrogen (secondary N) is 2. The van der Waals surface area contributed by atoms with Crippen LogP contribution in [0.1, 0.15) is 15.9 Å². The number of benzene rings is 1. The first-order valence-corrected chi connectivity index (χ1v) is 7.42. The molecule has 0 saturated carbocycles. The molecule has 2 heterocycles. The molecule has 0 radical (unpaired) electrons. The lowest BCUT2D eigenvalue weighted by Gasteiger charge is -2.11. The van der Waals surface area contributed by atoms with Crippen LogP contribution in [0.3, 0.4) is 0 Å². The molecular weight excluding hydrogens is 370 g/mol. The maximum atomic E-state index is 13.2. The SMILES string of the molecule is Cn1ncc2cc(C(=O)NC(=O)Nc3ccc(F)c(C(F)(F)F)c3)cnc21. The molecular formula is C16H11F4N5O2. The third-order valence-electron chi connectivity index (χ3n) is 3.59. The van der Waals surface area contributed by atoms with Gasteiger partial charge in [-0.1, -0.05) is 0 Å². The van der Waals surface area contributed by atoms with E-state index in [0.717, 1.165) is 6.07 Å². The minimum absolute atomic E-state index is 0.0562. The summed E-state index contributed by atoms with van der Waals surface area (Å²) in [6, 6.07) is 2.32. The molecule has 2 aromatic heterocycles. The van der Waals surface area contributed by atoms with Gasteiger partial charge in [0, 0.05) is 24.3 Å². The number of amides is 3. The van der Waals surface area contributed by atoms with Crippen molar-refractivity contribution >= 4 is 28.7 Å². The number of hydrogen-bond donors (Lipinski definition) is 2. The zero-order valence-electron chi connectivity index (χ0n) is 13.6. The quantitative estimate of drug-likeness (QED) is 0.668. The highest BCUT2D eigenvalue weighted by Crippen LogP contribution is 2.32. The van der Waals surface area contributed by atoms with Gasteiger partial charge in [0.25, 0.3) is 5.91 Å². The van der Waals surface area contributed by atoms with E-state index in [-0.39, 0.29) is 11.3 Å². The van der Waals surface area contributed by atoms with Gasteiger partial charge < -0.3 is 5.32 Å². The number of hydrogen-bond acceptors (Lipinski definition) is 4. The fourth-order valence-corrected chi connectivity index (χ4v) is 2.33. The minimum Gasteiger partial charge on any atom is -0.308 e. The van der Waals surface area contributed by atoms with E-state index in [4.69, 9.17) is 0 Å². The van der Waals surface area contributed by atoms with Crippen molar-refractivity contribution in [2.45, 2.75) is 6.18 Å². The largest absolute Gasteiger partial charge is 0.419 e. The normalized spacial score (nSPS) is 11.4. The monoisotopic (exact) mass is 381 g/mol. The van der Waals surface area contributed by atoms with E-state index in [1.807, 2.05) is 10.6 Å². The van der Waals surface area contributed by atoms with Crippen LogP contribution in [0.4, 0.5) is 28.0 Å². The van der Waals surface area contributed by atoms with Crippen molar-refractivity contribution < 1.29 is 27.2 Å². The van der Waals surface area contributed by atoms with Crippen LogP contribution in [-0.2, 0) is 13.2 Å². The van der Waals surface area contributed by atoms with Crippen LogP contribution in [0.2, 0.25) is 0 Å². The Labute approximate surface area is 149 Å². The third-order valence-corrected chi connectivity index (χ3v) is 3.59. The van der Waals surface area contributed by atoms with Gasteiger partial charge in [0.2, 0.25) is 0 Å². The summed E-state index contributed by atoms with van der Waals surface area (Å²) in [6.45, 7) is 0. The van der Waals surface area contributed by atoms with Crippen LogP contribution in [0.25, 0.3) is 11.0 Å². The smallest absolute Gasteiger partial charge is 0.308 e. The molecule has 2 N–H and O–H groups in total.